The number of aryl methyl sites for hydroxylation is 1. The van der Waals surface area contributed by atoms with Crippen molar-refractivity contribution in [2.24, 2.45) is 0 Å². The van der Waals surface area contributed by atoms with Crippen molar-refractivity contribution in [3.8, 4) is 11.5 Å². The highest BCUT2D eigenvalue weighted by Crippen LogP contribution is 2.44. The summed E-state index contributed by atoms with van der Waals surface area (Å²) in [7, 11) is 1.66. The van der Waals surface area contributed by atoms with Crippen LogP contribution in [0.5, 0.6) is 11.5 Å². The first kappa shape index (κ1) is 22.1. The number of halogens is 1. The minimum Gasteiger partial charge on any atom is -0.493 e. The molecular weight excluding hydrogens is 443 g/mol. The third-order valence-corrected chi connectivity index (χ3v) is 7.61. The number of hydrogen-bond acceptors (Lipinski definition) is 4. The van der Waals surface area contributed by atoms with Gasteiger partial charge < -0.3 is 19.1 Å². The molecule has 1 unspecified atom stereocenters. The number of para-hydroxylation sites is 1. The number of benzene rings is 3. The molecule has 2 aliphatic heterocycles. The van der Waals surface area contributed by atoms with E-state index in [1.54, 1.807) is 20.1 Å². The van der Waals surface area contributed by atoms with Crippen LogP contribution in [0, 0.1) is 12.7 Å². The number of fused-ring (bicyclic) bond motifs is 6. The van der Waals surface area contributed by atoms with Crippen LogP contribution in [0.2, 0.25) is 0 Å². The summed E-state index contributed by atoms with van der Waals surface area (Å²) in [5.74, 6) is 1.17. The van der Waals surface area contributed by atoms with E-state index in [-0.39, 0.29) is 25.2 Å². The Morgan fingerprint density at radius 1 is 1.09 bits per heavy atom. The lowest BCUT2D eigenvalue weighted by Gasteiger charge is -2.41. The van der Waals surface area contributed by atoms with E-state index in [2.05, 4.69) is 35.2 Å². The summed E-state index contributed by atoms with van der Waals surface area (Å²) < 4.78 is 27.8. The minimum atomic E-state index is -0.220. The molecule has 0 aliphatic carbocycles. The van der Waals surface area contributed by atoms with Crippen molar-refractivity contribution in [3.05, 3.63) is 93.9 Å². The molecule has 1 aromatic heterocycles. The van der Waals surface area contributed by atoms with Crippen LogP contribution in [0.25, 0.3) is 10.9 Å². The monoisotopic (exact) mass is 472 g/mol. The average Bonchev–Trinajstić information content (AvgIpc) is 3.20. The Morgan fingerprint density at radius 3 is 2.74 bits per heavy atom. The van der Waals surface area contributed by atoms with Crippen molar-refractivity contribution >= 4 is 10.9 Å². The van der Waals surface area contributed by atoms with Gasteiger partial charge in [-0.15, -0.1) is 0 Å². The van der Waals surface area contributed by atoms with Gasteiger partial charge in [0, 0.05) is 30.2 Å². The van der Waals surface area contributed by atoms with Gasteiger partial charge in [0.05, 0.1) is 12.6 Å². The van der Waals surface area contributed by atoms with Crippen molar-refractivity contribution in [2.75, 3.05) is 13.7 Å². The van der Waals surface area contributed by atoms with Crippen molar-refractivity contribution in [1.29, 1.82) is 0 Å². The summed E-state index contributed by atoms with van der Waals surface area (Å²) in [5, 5.41) is 11.3. The number of aliphatic hydroxyl groups excluding tert-OH is 1. The average molecular weight is 473 g/mol. The van der Waals surface area contributed by atoms with E-state index < -0.39 is 0 Å². The van der Waals surface area contributed by atoms with E-state index in [4.69, 9.17) is 9.47 Å². The molecule has 4 aromatic rings. The van der Waals surface area contributed by atoms with Crippen molar-refractivity contribution in [2.45, 2.75) is 45.7 Å². The van der Waals surface area contributed by atoms with Gasteiger partial charge in [0.15, 0.2) is 11.5 Å². The van der Waals surface area contributed by atoms with Crippen LogP contribution in [-0.2, 0) is 32.7 Å². The first-order chi connectivity index (χ1) is 17.1. The summed E-state index contributed by atoms with van der Waals surface area (Å²) in [6, 6.07) is 18.0. The summed E-state index contributed by atoms with van der Waals surface area (Å²) in [6.45, 7) is 3.79. The van der Waals surface area contributed by atoms with Gasteiger partial charge >= 0.3 is 0 Å². The molecule has 6 heteroatoms. The van der Waals surface area contributed by atoms with E-state index >= 15 is 0 Å². The maximum Gasteiger partial charge on any atom is 0.161 e. The number of methoxy groups -OCH3 is 1. The molecule has 1 atom stereocenters. The molecule has 0 spiro atoms. The highest BCUT2D eigenvalue weighted by atomic mass is 19.1. The molecule has 180 valence electrons. The highest BCUT2D eigenvalue weighted by Gasteiger charge is 2.35. The second kappa shape index (κ2) is 8.70. The van der Waals surface area contributed by atoms with Gasteiger partial charge in [0.1, 0.15) is 19.2 Å². The smallest absolute Gasteiger partial charge is 0.161 e. The second-order valence-corrected chi connectivity index (χ2v) is 9.53. The zero-order valence-corrected chi connectivity index (χ0v) is 20.1. The fourth-order valence-corrected chi connectivity index (χ4v) is 5.73. The largest absolute Gasteiger partial charge is 0.493 e. The fourth-order valence-electron chi connectivity index (χ4n) is 5.73. The van der Waals surface area contributed by atoms with Crippen LogP contribution >= 0.6 is 0 Å². The van der Waals surface area contributed by atoms with Crippen molar-refractivity contribution in [3.63, 3.8) is 0 Å². The molecule has 3 aromatic carbocycles. The van der Waals surface area contributed by atoms with Crippen LogP contribution in [0.3, 0.4) is 0 Å². The number of hydrogen-bond donors (Lipinski definition) is 1. The molecule has 0 saturated heterocycles. The normalized spacial score (nSPS) is 17.1. The number of ether oxygens (including phenoxy) is 2. The van der Waals surface area contributed by atoms with Gasteiger partial charge in [-0.3, -0.25) is 4.90 Å². The topological polar surface area (TPSA) is 46.9 Å². The molecule has 0 saturated carbocycles. The predicted octanol–water partition coefficient (Wildman–Crippen LogP) is 5.28. The summed E-state index contributed by atoms with van der Waals surface area (Å²) in [5.41, 5.74) is 7.59. The molecule has 3 heterocycles. The van der Waals surface area contributed by atoms with Crippen LogP contribution < -0.4 is 9.47 Å². The molecule has 0 amide bonds. The molecule has 0 radical (unpaired) electrons. The van der Waals surface area contributed by atoms with Gasteiger partial charge in [-0.25, -0.2) is 4.39 Å². The zero-order chi connectivity index (χ0) is 24.1. The van der Waals surface area contributed by atoms with E-state index in [0.29, 0.717) is 17.1 Å². The van der Waals surface area contributed by atoms with Crippen molar-refractivity contribution < 1.29 is 19.0 Å². The van der Waals surface area contributed by atoms with Gasteiger partial charge in [0.2, 0.25) is 0 Å². The maximum atomic E-state index is 14.0. The van der Waals surface area contributed by atoms with E-state index in [1.165, 1.54) is 33.8 Å². The molecule has 5 nitrogen and oxygen atoms in total. The fraction of sp³-hybridized carbons (Fsp3) is 0.310. The Morgan fingerprint density at radius 2 is 1.94 bits per heavy atom. The lowest BCUT2D eigenvalue weighted by molar-refractivity contribution is 0.145. The zero-order valence-electron chi connectivity index (χ0n) is 20.1. The van der Waals surface area contributed by atoms with E-state index in [1.807, 2.05) is 16.7 Å². The minimum absolute atomic E-state index is 0.00958. The van der Waals surface area contributed by atoms with E-state index in [9.17, 15) is 9.50 Å². The molecule has 6 rings (SSSR count). The van der Waals surface area contributed by atoms with Crippen LogP contribution in [0.1, 0.15) is 39.6 Å². The number of rotatable bonds is 5. The first-order valence-electron chi connectivity index (χ1n) is 12.1. The van der Waals surface area contributed by atoms with Gasteiger partial charge in [0.25, 0.3) is 0 Å². The summed E-state index contributed by atoms with van der Waals surface area (Å²) in [6.07, 6.45) is 1.81. The molecule has 35 heavy (non-hydrogen) atoms. The lowest BCUT2D eigenvalue weighted by Crippen LogP contribution is -2.39. The Hall–Kier alpha value is -3.35. The Kier molecular flexibility index (Phi) is 5.50. The quantitative estimate of drug-likeness (QED) is 0.429. The number of nitrogens with zero attached hydrogens (tertiary/aromatic N) is 2. The highest BCUT2D eigenvalue weighted by molar-refractivity contribution is 5.86. The Labute approximate surface area is 204 Å². The van der Waals surface area contributed by atoms with Crippen LogP contribution in [-0.4, -0.2) is 28.2 Å². The lowest BCUT2D eigenvalue weighted by atomic mass is 9.85. The number of aliphatic hydroxyl groups is 1. The first-order valence-corrected chi connectivity index (χ1v) is 12.1. The van der Waals surface area contributed by atoms with Crippen LogP contribution in [0.4, 0.5) is 4.39 Å². The van der Waals surface area contributed by atoms with Crippen LogP contribution in [0.15, 0.2) is 54.6 Å². The Balaban J connectivity index is 1.33. The molecule has 0 fully saturated rings. The third kappa shape index (κ3) is 3.68. The molecule has 1 N–H and O–H groups in total. The number of aromatic nitrogens is 1. The molecule has 2 aliphatic rings. The molecular formula is C29H29FN2O3. The van der Waals surface area contributed by atoms with Gasteiger partial charge in [-0.05, 0) is 71.8 Å². The van der Waals surface area contributed by atoms with E-state index in [0.717, 1.165) is 37.0 Å². The van der Waals surface area contributed by atoms with Crippen molar-refractivity contribution in [1.82, 2.24) is 9.47 Å². The Bertz CT molecular complexity index is 1430. The standard InChI is InChI=1S/C29H29FN2O3/c1-18-7-8-19(11-24(18)30)16-35-29-12-20-9-10-31-15-27-23(13-26(31)22(20)14-28(29)34-2)21-5-3-4-6-25(21)32(27)17-33/h3-8,11-12,14,26,33H,9-10,13,15-17H2,1-2H3. The summed E-state index contributed by atoms with van der Waals surface area (Å²) >= 11 is 0. The third-order valence-electron chi connectivity index (χ3n) is 7.61. The molecule has 0 bridgehead atoms. The van der Waals surface area contributed by atoms with Gasteiger partial charge in [-0.1, -0.05) is 30.3 Å². The SMILES string of the molecule is COc1cc2c(cc1OCc1ccc(C)c(F)c1)CCN1Cc3c(c4ccccc4n3CO)CC21. The second-order valence-electron chi connectivity index (χ2n) is 9.53. The summed E-state index contributed by atoms with van der Waals surface area (Å²) in [4.78, 5) is 2.50. The predicted molar refractivity (Wildman–Crippen MR) is 133 cm³/mol. The van der Waals surface area contributed by atoms with Gasteiger partial charge in [-0.2, -0.15) is 0 Å². The maximum absolute atomic E-state index is 14.0.